The molecule has 2 N–H and O–H groups in total. The summed E-state index contributed by atoms with van der Waals surface area (Å²) in [6.07, 6.45) is 0. The number of aromatic nitrogens is 2. The number of amides is 3. The van der Waals surface area contributed by atoms with Crippen LogP contribution in [0.5, 0.6) is 5.88 Å². The molecule has 138 valence electrons. The van der Waals surface area contributed by atoms with Crippen molar-refractivity contribution in [2.45, 2.75) is 13.5 Å². The first-order valence-corrected chi connectivity index (χ1v) is 7.81. The van der Waals surface area contributed by atoms with Crippen molar-refractivity contribution in [1.82, 2.24) is 15.1 Å². The lowest BCUT2D eigenvalue weighted by Crippen LogP contribution is -2.28. The number of hydrogen-bond acceptors (Lipinski definition) is 4. The van der Waals surface area contributed by atoms with Gasteiger partial charge in [0.1, 0.15) is 0 Å². The first kappa shape index (κ1) is 17.6. The number of nitrogens with one attached hydrogen (secondary N) is 2. The van der Waals surface area contributed by atoms with Crippen molar-refractivity contribution in [3.8, 4) is 5.88 Å². The monoisotopic (exact) mass is 365 g/mol. The molecule has 0 unspecified atom stereocenters. The predicted molar refractivity (Wildman–Crippen MR) is 89.7 cm³/mol. The Labute approximate surface area is 147 Å². The molecule has 1 fully saturated rings. The lowest BCUT2D eigenvalue weighted by atomic mass is 10.1. The number of halogens is 2. The number of rotatable bonds is 5. The standard InChI is InChI=1S/C16H17F2N5O3/c1-9-3-4-10(7-12(9)23-6-5-19-16(23)25)20-14(24)11-8-13(22(2)21-11)26-15(17)18/h3-4,7-8,15H,5-6H2,1-2H3,(H,19,25)(H,20,24). The highest BCUT2D eigenvalue weighted by Crippen LogP contribution is 2.26. The van der Waals surface area contributed by atoms with Gasteiger partial charge in [-0.1, -0.05) is 6.07 Å². The molecule has 1 aliphatic heterocycles. The van der Waals surface area contributed by atoms with Gasteiger partial charge in [-0.05, 0) is 24.6 Å². The summed E-state index contributed by atoms with van der Waals surface area (Å²) < 4.78 is 30.0. The van der Waals surface area contributed by atoms with E-state index in [-0.39, 0.29) is 17.6 Å². The lowest BCUT2D eigenvalue weighted by molar-refractivity contribution is -0.0553. The van der Waals surface area contributed by atoms with Crippen LogP contribution in [0.15, 0.2) is 24.3 Å². The molecular formula is C16H17F2N5O3. The Morgan fingerprint density at radius 3 is 2.81 bits per heavy atom. The molecule has 2 heterocycles. The van der Waals surface area contributed by atoms with Gasteiger partial charge in [0, 0.05) is 31.9 Å². The van der Waals surface area contributed by atoms with Crippen LogP contribution < -0.4 is 20.3 Å². The molecule has 0 radical (unpaired) electrons. The van der Waals surface area contributed by atoms with Gasteiger partial charge >= 0.3 is 12.6 Å². The number of benzene rings is 1. The van der Waals surface area contributed by atoms with Crippen LogP contribution in [0, 0.1) is 6.92 Å². The van der Waals surface area contributed by atoms with E-state index in [2.05, 4.69) is 20.5 Å². The second kappa shape index (κ2) is 6.98. The van der Waals surface area contributed by atoms with Crippen molar-refractivity contribution in [3.05, 3.63) is 35.5 Å². The zero-order valence-electron chi connectivity index (χ0n) is 14.1. The minimum atomic E-state index is -3.01. The Balaban J connectivity index is 1.78. The summed E-state index contributed by atoms with van der Waals surface area (Å²) in [6.45, 7) is -0.0618. The van der Waals surface area contributed by atoms with E-state index < -0.39 is 12.5 Å². The third kappa shape index (κ3) is 3.58. The summed E-state index contributed by atoms with van der Waals surface area (Å²) in [5, 5.41) is 9.22. The number of anilines is 2. The maximum absolute atomic E-state index is 12.3. The van der Waals surface area contributed by atoms with E-state index in [4.69, 9.17) is 0 Å². The molecule has 26 heavy (non-hydrogen) atoms. The molecule has 1 saturated heterocycles. The first-order chi connectivity index (χ1) is 12.3. The number of aryl methyl sites for hydroxylation is 2. The minimum Gasteiger partial charge on any atom is -0.417 e. The highest BCUT2D eigenvalue weighted by molar-refractivity contribution is 6.04. The van der Waals surface area contributed by atoms with E-state index in [0.29, 0.717) is 24.5 Å². The Bertz CT molecular complexity index is 852. The van der Waals surface area contributed by atoms with Gasteiger partial charge in [-0.25, -0.2) is 9.48 Å². The van der Waals surface area contributed by atoms with Gasteiger partial charge in [0.2, 0.25) is 5.88 Å². The molecule has 0 saturated carbocycles. The van der Waals surface area contributed by atoms with Crippen molar-refractivity contribution < 1.29 is 23.1 Å². The number of carbonyl (C=O) groups is 2. The van der Waals surface area contributed by atoms with Crippen LogP contribution in [0.2, 0.25) is 0 Å². The molecule has 10 heteroatoms. The van der Waals surface area contributed by atoms with Gasteiger partial charge < -0.3 is 15.4 Å². The second-order valence-corrected chi connectivity index (χ2v) is 5.71. The fourth-order valence-electron chi connectivity index (χ4n) is 2.64. The van der Waals surface area contributed by atoms with Crippen molar-refractivity contribution in [1.29, 1.82) is 0 Å². The summed E-state index contributed by atoms with van der Waals surface area (Å²) in [6, 6.07) is 6.07. The number of nitrogens with zero attached hydrogens (tertiary/aromatic N) is 3. The average molecular weight is 365 g/mol. The Kier molecular flexibility index (Phi) is 4.74. The van der Waals surface area contributed by atoms with Crippen molar-refractivity contribution in [2.24, 2.45) is 7.05 Å². The fraction of sp³-hybridized carbons (Fsp3) is 0.312. The van der Waals surface area contributed by atoms with Crippen LogP contribution >= 0.6 is 0 Å². The molecule has 8 nitrogen and oxygen atoms in total. The van der Waals surface area contributed by atoms with Crippen molar-refractivity contribution in [2.75, 3.05) is 23.3 Å². The van der Waals surface area contributed by atoms with E-state index in [1.54, 1.807) is 23.1 Å². The molecule has 3 amide bonds. The van der Waals surface area contributed by atoms with Crippen LogP contribution in [0.1, 0.15) is 16.1 Å². The fourth-order valence-corrected chi connectivity index (χ4v) is 2.64. The quantitative estimate of drug-likeness (QED) is 0.849. The SMILES string of the molecule is Cc1ccc(NC(=O)c2cc(OC(F)F)n(C)n2)cc1N1CCNC1=O. The van der Waals surface area contributed by atoms with Gasteiger partial charge in [0.25, 0.3) is 5.91 Å². The number of ether oxygens (including phenoxy) is 1. The van der Waals surface area contributed by atoms with E-state index in [1.807, 2.05) is 6.92 Å². The van der Waals surface area contributed by atoms with Crippen LogP contribution in [0.4, 0.5) is 25.0 Å². The van der Waals surface area contributed by atoms with Crippen LogP contribution in [-0.4, -0.2) is 41.4 Å². The molecular weight excluding hydrogens is 348 g/mol. The molecule has 1 aliphatic rings. The van der Waals surface area contributed by atoms with E-state index in [1.165, 1.54) is 7.05 Å². The molecule has 1 aromatic heterocycles. The van der Waals surface area contributed by atoms with Crippen LogP contribution in [0.25, 0.3) is 0 Å². The molecule has 2 aromatic rings. The Hall–Kier alpha value is -3.17. The molecule has 0 spiro atoms. The topological polar surface area (TPSA) is 88.5 Å². The first-order valence-electron chi connectivity index (χ1n) is 7.81. The number of carbonyl (C=O) groups excluding carboxylic acids is 2. The van der Waals surface area contributed by atoms with Crippen LogP contribution in [-0.2, 0) is 7.05 Å². The second-order valence-electron chi connectivity index (χ2n) is 5.71. The number of urea groups is 1. The third-order valence-electron chi connectivity index (χ3n) is 3.89. The largest absolute Gasteiger partial charge is 0.417 e. The normalized spacial score (nSPS) is 13.9. The summed E-state index contributed by atoms with van der Waals surface area (Å²) in [5.41, 5.74) is 1.95. The molecule has 1 aromatic carbocycles. The minimum absolute atomic E-state index is 0.0656. The Morgan fingerprint density at radius 2 is 2.15 bits per heavy atom. The van der Waals surface area contributed by atoms with Gasteiger partial charge in [-0.3, -0.25) is 9.69 Å². The molecule has 3 rings (SSSR count). The highest BCUT2D eigenvalue weighted by Gasteiger charge is 2.23. The van der Waals surface area contributed by atoms with Gasteiger partial charge in [-0.15, -0.1) is 0 Å². The summed E-state index contributed by atoms with van der Waals surface area (Å²) >= 11 is 0. The highest BCUT2D eigenvalue weighted by atomic mass is 19.3. The predicted octanol–water partition coefficient (Wildman–Crippen LogP) is 2.11. The van der Waals surface area contributed by atoms with Crippen LogP contribution in [0.3, 0.4) is 0 Å². The molecule has 0 atom stereocenters. The zero-order valence-corrected chi connectivity index (χ0v) is 14.1. The number of hydrogen-bond donors (Lipinski definition) is 2. The average Bonchev–Trinajstić information content (AvgIpc) is 3.15. The lowest BCUT2D eigenvalue weighted by Gasteiger charge is -2.18. The van der Waals surface area contributed by atoms with Crippen molar-refractivity contribution in [3.63, 3.8) is 0 Å². The summed E-state index contributed by atoms with van der Waals surface area (Å²) in [4.78, 5) is 25.8. The molecule has 0 aliphatic carbocycles. The van der Waals surface area contributed by atoms with Gasteiger partial charge in [0.05, 0.1) is 5.69 Å². The smallest absolute Gasteiger partial charge is 0.388 e. The third-order valence-corrected chi connectivity index (χ3v) is 3.89. The summed E-state index contributed by atoms with van der Waals surface area (Å²) in [7, 11) is 1.39. The zero-order chi connectivity index (χ0) is 18.8. The van der Waals surface area contributed by atoms with E-state index in [0.717, 1.165) is 16.3 Å². The summed E-state index contributed by atoms with van der Waals surface area (Å²) in [5.74, 6) is -0.797. The van der Waals surface area contributed by atoms with E-state index >= 15 is 0 Å². The maximum Gasteiger partial charge on any atom is 0.388 e. The number of alkyl halides is 2. The Morgan fingerprint density at radius 1 is 1.38 bits per heavy atom. The van der Waals surface area contributed by atoms with Crippen molar-refractivity contribution >= 4 is 23.3 Å². The van der Waals surface area contributed by atoms with E-state index in [9.17, 15) is 18.4 Å². The molecule has 0 bridgehead atoms. The maximum atomic E-state index is 12.3. The van der Waals surface area contributed by atoms with Gasteiger partial charge in [-0.2, -0.15) is 13.9 Å². The van der Waals surface area contributed by atoms with Gasteiger partial charge in [0.15, 0.2) is 5.69 Å².